The van der Waals surface area contributed by atoms with E-state index in [1.165, 1.54) is 0 Å². The molecular weight excluding hydrogens is 200 g/mol. The molecule has 0 amide bonds. The Labute approximate surface area is 96.6 Å². The molecule has 1 saturated heterocycles. The van der Waals surface area contributed by atoms with Crippen LogP contribution in [-0.4, -0.2) is 19.0 Å². The third kappa shape index (κ3) is 2.50. The topological polar surface area (TPSA) is 26.3 Å². The van der Waals surface area contributed by atoms with E-state index in [0.717, 1.165) is 31.6 Å². The minimum Gasteiger partial charge on any atom is -0.381 e. The number of Topliss-reactive ketones (excluding diaryl/α,β-unsaturated/α-hetero) is 1. The van der Waals surface area contributed by atoms with E-state index in [-0.39, 0.29) is 11.7 Å². The quantitative estimate of drug-likeness (QED) is 0.729. The Morgan fingerprint density at radius 1 is 1.25 bits per heavy atom. The van der Waals surface area contributed by atoms with Crippen LogP contribution in [0.4, 0.5) is 0 Å². The van der Waals surface area contributed by atoms with Crippen LogP contribution < -0.4 is 0 Å². The SMILES string of the molecule is CC(C(=O)c1ccccc1)C1CCOCC1. The number of ether oxygens (including phenoxy) is 1. The highest BCUT2D eigenvalue weighted by atomic mass is 16.5. The molecule has 0 radical (unpaired) electrons. The molecule has 16 heavy (non-hydrogen) atoms. The van der Waals surface area contributed by atoms with Gasteiger partial charge in [-0.15, -0.1) is 0 Å². The summed E-state index contributed by atoms with van der Waals surface area (Å²) in [4.78, 5) is 12.2. The third-order valence-corrected chi connectivity index (χ3v) is 3.44. The van der Waals surface area contributed by atoms with Crippen molar-refractivity contribution in [3.05, 3.63) is 35.9 Å². The summed E-state index contributed by atoms with van der Waals surface area (Å²) in [6, 6.07) is 9.58. The molecule has 0 aliphatic carbocycles. The Kier molecular flexibility index (Phi) is 3.73. The molecule has 1 aromatic carbocycles. The number of hydrogen-bond acceptors (Lipinski definition) is 2. The predicted octanol–water partition coefficient (Wildman–Crippen LogP) is 2.93. The average molecular weight is 218 g/mol. The van der Waals surface area contributed by atoms with Gasteiger partial charge < -0.3 is 4.74 Å². The van der Waals surface area contributed by atoms with Crippen LogP contribution in [0.25, 0.3) is 0 Å². The lowest BCUT2D eigenvalue weighted by Gasteiger charge is -2.26. The lowest BCUT2D eigenvalue weighted by Crippen LogP contribution is -2.27. The van der Waals surface area contributed by atoms with E-state index in [0.29, 0.717) is 5.92 Å². The van der Waals surface area contributed by atoms with Gasteiger partial charge in [0.2, 0.25) is 0 Å². The van der Waals surface area contributed by atoms with Crippen molar-refractivity contribution in [1.82, 2.24) is 0 Å². The zero-order valence-electron chi connectivity index (χ0n) is 9.69. The van der Waals surface area contributed by atoms with Crippen molar-refractivity contribution in [1.29, 1.82) is 0 Å². The molecule has 0 bridgehead atoms. The van der Waals surface area contributed by atoms with Crippen molar-refractivity contribution in [3.8, 4) is 0 Å². The van der Waals surface area contributed by atoms with E-state index in [4.69, 9.17) is 4.74 Å². The molecule has 2 heteroatoms. The molecule has 1 aromatic rings. The normalized spacial score (nSPS) is 19.3. The summed E-state index contributed by atoms with van der Waals surface area (Å²) in [5.74, 6) is 0.875. The van der Waals surface area contributed by atoms with E-state index in [2.05, 4.69) is 0 Å². The molecule has 1 heterocycles. The maximum Gasteiger partial charge on any atom is 0.165 e. The van der Waals surface area contributed by atoms with Gasteiger partial charge in [0.25, 0.3) is 0 Å². The molecule has 0 aromatic heterocycles. The van der Waals surface area contributed by atoms with Crippen LogP contribution >= 0.6 is 0 Å². The van der Waals surface area contributed by atoms with Gasteiger partial charge in [0, 0.05) is 24.7 Å². The van der Waals surface area contributed by atoms with Crippen molar-refractivity contribution in [2.24, 2.45) is 11.8 Å². The monoisotopic (exact) mass is 218 g/mol. The first kappa shape index (κ1) is 11.3. The van der Waals surface area contributed by atoms with Crippen LogP contribution in [0, 0.1) is 11.8 Å². The standard InChI is InChI=1S/C14H18O2/c1-11(12-7-9-16-10-8-12)14(15)13-5-3-2-4-6-13/h2-6,11-12H,7-10H2,1H3. The Hall–Kier alpha value is -1.15. The molecule has 1 aliphatic rings. The number of carbonyl (C=O) groups excluding carboxylic acids is 1. The molecule has 1 fully saturated rings. The van der Waals surface area contributed by atoms with Gasteiger partial charge in [0.15, 0.2) is 5.78 Å². The number of carbonyl (C=O) groups is 1. The van der Waals surface area contributed by atoms with Crippen LogP contribution in [0.1, 0.15) is 30.1 Å². The first-order chi connectivity index (χ1) is 7.79. The van der Waals surface area contributed by atoms with E-state index in [1.807, 2.05) is 37.3 Å². The number of ketones is 1. The largest absolute Gasteiger partial charge is 0.381 e. The number of hydrogen-bond donors (Lipinski definition) is 0. The lowest BCUT2D eigenvalue weighted by atomic mass is 9.82. The van der Waals surface area contributed by atoms with Crippen molar-refractivity contribution in [2.75, 3.05) is 13.2 Å². The summed E-state index contributed by atoms with van der Waals surface area (Å²) < 4.78 is 5.32. The smallest absolute Gasteiger partial charge is 0.165 e. The highest BCUT2D eigenvalue weighted by molar-refractivity contribution is 5.97. The van der Waals surface area contributed by atoms with Crippen LogP contribution in [0.5, 0.6) is 0 Å². The van der Waals surface area contributed by atoms with Gasteiger partial charge in [0.05, 0.1) is 0 Å². The van der Waals surface area contributed by atoms with Crippen molar-refractivity contribution in [2.45, 2.75) is 19.8 Å². The van der Waals surface area contributed by atoms with Gasteiger partial charge in [-0.25, -0.2) is 0 Å². The second-order valence-electron chi connectivity index (χ2n) is 4.47. The predicted molar refractivity (Wildman–Crippen MR) is 63.5 cm³/mol. The highest BCUT2D eigenvalue weighted by Gasteiger charge is 2.26. The van der Waals surface area contributed by atoms with E-state index >= 15 is 0 Å². The van der Waals surface area contributed by atoms with E-state index in [1.54, 1.807) is 0 Å². The maximum atomic E-state index is 12.2. The fourth-order valence-corrected chi connectivity index (χ4v) is 2.30. The first-order valence-corrected chi connectivity index (χ1v) is 5.96. The zero-order chi connectivity index (χ0) is 11.4. The Bertz CT molecular complexity index is 339. The highest BCUT2D eigenvalue weighted by Crippen LogP contribution is 2.26. The van der Waals surface area contributed by atoms with Gasteiger partial charge in [0.1, 0.15) is 0 Å². The Morgan fingerprint density at radius 3 is 2.50 bits per heavy atom. The molecule has 86 valence electrons. The first-order valence-electron chi connectivity index (χ1n) is 5.96. The molecule has 1 atom stereocenters. The molecule has 0 N–H and O–H groups in total. The fourth-order valence-electron chi connectivity index (χ4n) is 2.30. The Morgan fingerprint density at radius 2 is 1.88 bits per heavy atom. The van der Waals surface area contributed by atoms with Crippen molar-refractivity contribution < 1.29 is 9.53 Å². The Balaban J connectivity index is 2.04. The third-order valence-electron chi connectivity index (χ3n) is 3.44. The van der Waals surface area contributed by atoms with Gasteiger partial charge in [-0.1, -0.05) is 37.3 Å². The van der Waals surface area contributed by atoms with Gasteiger partial charge in [-0.2, -0.15) is 0 Å². The number of benzene rings is 1. The molecule has 2 rings (SSSR count). The van der Waals surface area contributed by atoms with Crippen molar-refractivity contribution in [3.63, 3.8) is 0 Å². The summed E-state index contributed by atoms with van der Waals surface area (Å²) >= 11 is 0. The fraction of sp³-hybridized carbons (Fsp3) is 0.500. The van der Waals surface area contributed by atoms with Gasteiger partial charge in [-0.3, -0.25) is 4.79 Å². The zero-order valence-corrected chi connectivity index (χ0v) is 9.69. The summed E-state index contributed by atoms with van der Waals surface area (Å²) in [5, 5.41) is 0. The van der Waals surface area contributed by atoms with Crippen LogP contribution in [0.2, 0.25) is 0 Å². The average Bonchev–Trinajstić information content (AvgIpc) is 2.39. The second-order valence-corrected chi connectivity index (χ2v) is 4.47. The molecular formula is C14H18O2. The van der Waals surface area contributed by atoms with Crippen LogP contribution in [0.3, 0.4) is 0 Å². The minimum absolute atomic E-state index is 0.117. The second kappa shape index (κ2) is 5.26. The molecule has 0 spiro atoms. The summed E-state index contributed by atoms with van der Waals surface area (Å²) in [5.41, 5.74) is 0.835. The van der Waals surface area contributed by atoms with E-state index in [9.17, 15) is 4.79 Å². The summed E-state index contributed by atoms with van der Waals surface area (Å²) in [6.07, 6.45) is 2.03. The lowest BCUT2D eigenvalue weighted by molar-refractivity contribution is 0.0458. The maximum absolute atomic E-state index is 12.2. The van der Waals surface area contributed by atoms with Gasteiger partial charge >= 0.3 is 0 Å². The molecule has 1 unspecified atom stereocenters. The minimum atomic E-state index is 0.117. The summed E-state index contributed by atoms with van der Waals surface area (Å²) in [7, 11) is 0. The summed E-state index contributed by atoms with van der Waals surface area (Å²) in [6.45, 7) is 3.65. The van der Waals surface area contributed by atoms with Crippen LogP contribution in [-0.2, 0) is 4.74 Å². The van der Waals surface area contributed by atoms with Crippen LogP contribution in [0.15, 0.2) is 30.3 Å². The molecule has 1 aliphatic heterocycles. The van der Waals surface area contributed by atoms with E-state index < -0.39 is 0 Å². The molecule has 2 nitrogen and oxygen atoms in total. The number of rotatable bonds is 3. The van der Waals surface area contributed by atoms with Gasteiger partial charge in [-0.05, 0) is 18.8 Å². The van der Waals surface area contributed by atoms with Crippen molar-refractivity contribution >= 4 is 5.78 Å². The molecule has 0 saturated carbocycles.